The maximum absolute atomic E-state index is 12.6. The molecule has 0 saturated heterocycles. The van der Waals surface area contributed by atoms with Crippen LogP contribution in [0.15, 0.2) is 29.8 Å². The van der Waals surface area contributed by atoms with Crippen LogP contribution in [0.2, 0.25) is 0 Å². The molecule has 0 fully saturated rings. The molecule has 3 nitrogen and oxygen atoms in total. The van der Waals surface area contributed by atoms with Crippen molar-refractivity contribution < 1.29 is 4.79 Å². The smallest absolute Gasteiger partial charge is 0.270 e. The van der Waals surface area contributed by atoms with Crippen LogP contribution in [-0.4, -0.2) is 17.4 Å². The van der Waals surface area contributed by atoms with Gasteiger partial charge in [0.2, 0.25) is 0 Å². The number of aryl methyl sites for hydroxylation is 1. The van der Waals surface area contributed by atoms with Gasteiger partial charge in [0, 0.05) is 12.2 Å². The fraction of sp³-hybridized carbons (Fsp3) is 0.333. The number of rotatable bonds is 1. The Morgan fingerprint density at radius 3 is 2.95 bits per heavy atom. The van der Waals surface area contributed by atoms with Crippen molar-refractivity contribution in [3.8, 4) is 0 Å². The monoisotopic (exact) mass is 272 g/mol. The summed E-state index contributed by atoms with van der Waals surface area (Å²) in [6.45, 7) is 4.90. The number of anilines is 1. The number of amides is 1. The highest BCUT2D eigenvalue weighted by atomic mass is 32.1. The maximum atomic E-state index is 12.6. The summed E-state index contributed by atoms with van der Waals surface area (Å²) >= 11 is 1.42. The van der Waals surface area contributed by atoms with Crippen LogP contribution in [0.1, 0.15) is 40.2 Å². The predicted molar refractivity (Wildman–Crippen MR) is 78.0 cm³/mol. The third kappa shape index (κ3) is 2.06. The molecule has 1 aromatic carbocycles. The minimum atomic E-state index is 0.0827. The van der Waals surface area contributed by atoms with Crippen molar-refractivity contribution in [2.24, 2.45) is 0 Å². The summed E-state index contributed by atoms with van der Waals surface area (Å²) in [6.07, 6.45) is 1.01. The zero-order valence-corrected chi connectivity index (χ0v) is 11.9. The Kier molecular flexibility index (Phi) is 3.11. The highest BCUT2D eigenvalue weighted by Gasteiger charge is 2.28. The average molecular weight is 272 g/mol. The van der Waals surface area contributed by atoms with Gasteiger partial charge < -0.3 is 4.90 Å². The molecule has 1 aliphatic heterocycles. The number of thiazole rings is 1. The Hall–Kier alpha value is -1.68. The van der Waals surface area contributed by atoms with Crippen LogP contribution >= 0.6 is 11.3 Å². The van der Waals surface area contributed by atoms with Gasteiger partial charge in [-0.25, -0.2) is 4.98 Å². The first-order chi connectivity index (χ1) is 9.18. The van der Waals surface area contributed by atoms with Gasteiger partial charge in [-0.05, 0) is 30.9 Å². The number of hydrogen-bond donors (Lipinski definition) is 0. The van der Waals surface area contributed by atoms with Gasteiger partial charge in [-0.1, -0.05) is 25.1 Å². The van der Waals surface area contributed by atoms with Crippen LogP contribution in [0.4, 0.5) is 5.69 Å². The quantitative estimate of drug-likeness (QED) is 0.794. The molecular weight excluding hydrogens is 256 g/mol. The first-order valence-electron chi connectivity index (χ1n) is 6.49. The number of hydrogen-bond acceptors (Lipinski definition) is 3. The summed E-state index contributed by atoms with van der Waals surface area (Å²) in [5.41, 5.74) is 4.88. The molecule has 0 bridgehead atoms. The second-order valence-corrected chi connectivity index (χ2v) is 5.83. The van der Waals surface area contributed by atoms with Gasteiger partial charge in [-0.15, -0.1) is 11.3 Å². The minimum absolute atomic E-state index is 0.0827. The lowest BCUT2D eigenvalue weighted by molar-refractivity contribution is 0.0987. The van der Waals surface area contributed by atoms with Crippen LogP contribution in [0, 0.1) is 6.92 Å². The zero-order valence-electron chi connectivity index (χ0n) is 11.1. The molecule has 0 radical (unpaired) electrons. The lowest BCUT2D eigenvalue weighted by Gasteiger charge is -2.32. The van der Waals surface area contributed by atoms with Crippen molar-refractivity contribution in [2.75, 3.05) is 11.4 Å². The SMILES string of the molecule is Cc1ncsc1C(=O)N1CCC(C)c2ccccc21. The molecular formula is C15H16N2OS. The van der Waals surface area contributed by atoms with E-state index in [4.69, 9.17) is 0 Å². The summed E-state index contributed by atoms with van der Waals surface area (Å²) in [5, 5.41) is 0. The van der Waals surface area contributed by atoms with E-state index in [0.717, 1.165) is 29.2 Å². The Morgan fingerprint density at radius 1 is 1.42 bits per heavy atom. The van der Waals surface area contributed by atoms with Crippen molar-refractivity contribution in [1.29, 1.82) is 0 Å². The van der Waals surface area contributed by atoms with Gasteiger partial charge in [0.05, 0.1) is 11.2 Å². The number of carbonyl (C=O) groups excluding carboxylic acids is 1. The molecule has 2 heterocycles. The summed E-state index contributed by atoms with van der Waals surface area (Å²) in [6, 6.07) is 8.20. The zero-order chi connectivity index (χ0) is 13.4. The molecule has 1 aliphatic rings. The number of fused-ring (bicyclic) bond motifs is 1. The van der Waals surface area contributed by atoms with Crippen molar-refractivity contribution in [3.05, 3.63) is 45.9 Å². The van der Waals surface area contributed by atoms with Crippen molar-refractivity contribution >= 4 is 22.9 Å². The van der Waals surface area contributed by atoms with Gasteiger partial charge in [-0.2, -0.15) is 0 Å². The van der Waals surface area contributed by atoms with Gasteiger partial charge in [0.15, 0.2) is 0 Å². The van der Waals surface area contributed by atoms with Crippen LogP contribution in [0.5, 0.6) is 0 Å². The summed E-state index contributed by atoms with van der Waals surface area (Å²) < 4.78 is 0. The molecule has 1 aromatic heterocycles. The number of aromatic nitrogens is 1. The molecule has 98 valence electrons. The Balaban J connectivity index is 2.01. The first-order valence-corrected chi connectivity index (χ1v) is 7.37. The number of nitrogens with zero attached hydrogens (tertiary/aromatic N) is 2. The van der Waals surface area contributed by atoms with Crippen LogP contribution < -0.4 is 4.90 Å². The molecule has 4 heteroatoms. The molecule has 0 spiro atoms. The van der Waals surface area contributed by atoms with E-state index >= 15 is 0 Å². The standard InChI is InChI=1S/C15H16N2OS/c1-10-7-8-17(13-6-4-3-5-12(10)13)15(18)14-11(2)16-9-19-14/h3-6,9-10H,7-8H2,1-2H3. The highest BCUT2D eigenvalue weighted by Crippen LogP contribution is 2.35. The second-order valence-electron chi connectivity index (χ2n) is 4.97. The van der Waals surface area contributed by atoms with Crippen LogP contribution in [0.3, 0.4) is 0 Å². The van der Waals surface area contributed by atoms with E-state index in [1.54, 1.807) is 5.51 Å². The molecule has 0 aliphatic carbocycles. The topological polar surface area (TPSA) is 33.2 Å². The molecule has 3 rings (SSSR count). The average Bonchev–Trinajstić information content (AvgIpc) is 2.85. The lowest BCUT2D eigenvalue weighted by Crippen LogP contribution is -2.36. The van der Waals surface area contributed by atoms with E-state index in [-0.39, 0.29) is 5.91 Å². The van der Waals surface area contributed by atoms with Crippen molar-refractivity contribution in [2.45, 2.75) is 26.2 Å². The van der Waals surface area contributed by atoms with E-state index in [1.807, 2.05) is 30.0 Å². The van der Waals surface area contributed by atoms with Gasteiger partial charge >= 0.3 is 0 Å². The molecule has 0 N–H and O–H groups in total. The van der Waals surface area contributed by atoms with E-state index in [9.17, 15) is 4.79 Å². The fourth-order valence-corrected chi connectivity index (χ4v) is 3.34. The van der Waals surface area contributed by atoms with Crippen molar-refractivity contribution in [1.82, 2.24) is 4.98 Å². The summed E-state index contributed by atoms with van der Waals surface area (Å²) in [5.74, 6) is 0.599. The van der Waals surface area contributed by atoms with Crippen LogP contribution in [0.25, 0.3) is 0 Å². The Morgan fingerprint density at radius 2 is 2.21 bits per heavy atom. The summed E-state index contributed by atoms with van der Waals surface area (Å²) in [7, 11) is 0. The number of para-hydroxylation sites is 1. The maximum Gasteiger partial charge on any atom is 0.270 e. The molecule has 19 heavy (non-hydrogen) atoms. The second kappa shape index (κ2) is 4.78. The minimum Gasteiger partial charge on any atom is -0.307 e. The van der Waals surface area contributed by atoms with Crippen LogP contribution in [-0.2, 0) is 0 Å². The Labute approximate surface area is 116 Å². The molecule has 0 saturated carbocycles. The molecule has 1 unspecified atom stereocenters. The number of carbonyl (C=O) groups is 1. The van der Waals surface area contributed by atoms with Crippen molar-refractivity contribution in [3.63, 3.8) is 0 Å². The summed E-state index contributed by atoms with van der Waals surface area (Å²) in [4.78, 5) is 19.5. The van der Waals surface area contributed by atoms with E-state index in [1.165, 1.54) is 16.9 Å². The van der Waals surface area contributed by atoms with Gasteiger partial charge in [-0.3, -0.25) is 4.79 Å². The number of benzene rings is 1. The lowest BCUT2D eigenvalue weighted by atomic mass is 9.91. The third-order valence-electron chi connectivity index (χ3n) is 3.73. The van der Waals surface area contributed by atoms with Gasteiger partial charge in [0.25, 0.3) is 5.91 Å². The molecule has 1 atom stereocenters. The Bertz CT molecular complexity index is 620. The highest BCUT2D eigenvalue weighted by molar-refractivity contribution is 7.12. The predicted octanol–water partition coefficient (Wildman–Crippen LogP) is 3.61. The molecule has 2 aromatic rings. The van der Waals surface area contributed by atoms with E-state index in [2.05, 4.69) is 18.0 Å². The first kappa shape index (κ1) is 12.4. The molecule has 1 amide bonds. The normalized spacial score (nSPS) is 18.2. The fourth-order valence-electron chi connectivity index (χ4n) is 2.59. The van der Waals surface area contributed by atoms with E-state index in [0.29, 0.717) is 5.92 Å². The van der Waals surface area contributed by atoms with E-state index < -0.39 is 0 Å². The van der Waals surface area contributed by atoms with Gasteiger partial charge in [0.1, 0.15) is 4.88 Å². The third-order valence-corrected chi connectivity index (χ3v) is 4.65. The largest absolute Gasteiger partial charge is 0.307 e.